The second kappa shape index (κ2) is 4.54. The molecule has 2 nitrogen and oxygen atoms in total. The highest BCUT2D eigenvalue weighted by Crippen LogP contribution is 2.49. The van der Waals surface area contributed by atoms with Crippen molar-refractivity contribution >= 4 is 5.91 Å². The number of carbonyl (C=O) groups is 1. The Morgan fingerprint density at radius 1 is 1.40 bits per heavy atom. The van der Waals surface area contributed by atoms with Gasteiger partial charge in [-0.2, -0.15) is 0 Å². The van der Waals surface area contributed by atoms with Crippen molar-refractivity contribution in [1.29, 1.82) is 0 Å². The van der Waals surface area contributed by atoms with E-state index in [0.717, 1.165) is 24.2 Å². The van der Waals surface area contributed by atoms with Crippen LogP contribution in [0.15, 0.2) is 0 Å². The van der Waals surface area contributed by atoms with Crippen LogP contribution >= 0.6 is 0 Å². The minimum Gasteiger partial charge on any atom is -0.353 e. The van der Waals surface area contributed by atoms with Gasteiger partial charge in [0, 0.05) is 12.5 Å². The Kier molecular flexibility index (Phi) is 3.32. The number of nitrogens with one attached hydrogen (secondary N) is 1. The molecule has 2 heteroatoms. The second-order valence-corrected chi connectivity index (χ2v) is 5.44. The average molecular weight is 209 g/mol. The fourth-order valence-corrected chi connectivity index (χ4v) is 3.57. The molecule has 2 bridgehead atoms. The van der Waals surface area contributed by atoms with Crippen LogP contribution in [0.1, 0.15) is 52.4 Å². The van der Waals surface area contributed by atoms with E-state index >= 15 is 0 Å². The first-order valence-electron chi connectivity index (χ1n) is 6.50. The van der Waals surface area contributed by atoms with Crippen LogP contribution in [0.25, 0.3) is 0 Å². The summed E-state index contributed by atoms with van der Waals surface area (Å²) in [5, 5.41) is 3.17. The van der Waals surface area contributed by atoms with E-state index in [1.807, 2.05) is 0 Å². The molecule has 0 saturated heterocycles. The van der Waals surface area contributed by atoms with Crippen molar-refractivity contribution in [3.05, 3.63) is 0 Å². The van der Waals surface area contributed by atoms with E-state index in [4.69, 9.17) is 0 Å². The van der Waals surface area contributed by atoms with Crippen LogP contribution in [-0.2, 0) is 4.79 Å². The van der Waals surface area contributed by atoms with Gasteiger partial charge in [-0.05, 0) is 50.4 Å². The Labute approximate surface area is 92.8 Å². The minimum atomic E-state index is 0.243. The van der Waals surface area contributed by atoms with Crippen molar-refractivity contribution in [2.24, 2.45) is 17.8 Å². The number of hydrogen-bond donors (Lipinski definition) is 1. The average Bonchev–Trinajstić information content (AvgIpc) is 2.78. The predicted octanol–water partition coefficient (Wildman–Crippen LogP) is 2.73. The molecular weight excluding hydrogens is 186 g/mol. The SMILES string of the molecule is CCCC(=O)N[C@@H](C)[C@H]1C[C@@H]2CC[C@@H]1C2. The summed E-state index contributed by atoms with van der Waals surface area (Å²) in [5.74, 6) is 2.90. The lowest BCUT2D eigenvalue weighted by molar-refractivity contribution is -0.122. The van der Waals surface area contributed by atoms with Gasteiger partial charge >= 0.3 is 0 Å². The third kappa shape index (κ3) is 2.35. The molecule has 0 radical (unpaired) electrons. The van der Waals surface area contributed by atoms with E-state index in [1.165, 1.54) is 25.7 Å². The smallest absolute Gasteiger partial charge is 0.220 e. The Morgan fingerprint density at radius 2 is 2.20 bits per heavy atom. The van der Waals surface area contributed by atoms with E-state index in [2.05, 4.69) is 19.2 Å². The van der Waals surface area contributed by atoms with Gasteiger partial charge in [-0.1, -0.05) is 13.3 Å². The monoisotopic (exact) mass is 209 g/mol. The van der Waals surface area contributed by atoms with Gasteiger partial charge in [0.2, 0.25) is 5.91 Å². The van der Waals surface area contributed by atoms with Crippen LogP contribution < -0.4 is 5.32 Å². The summed E-state index contributed by atoms with van der Waals surface area (Å²) in [6.45, 7) is 4.25. The second-order valence-electron chi connectivity index (χ2n) is 5.44. The van der Waals surface area contributed by atoms with Crippen LogP contribution in [0.3, 0.4) is 0 Å². The molecule has 2 rings (SSSR count). The van der Waals surface area contributed by atoms with E-state index in [9.17, 15) is 4.79 Å². The number of hydrogen-bond acceptors (Lipinski definition) is 1. The normalized spacial score (nSPS) is 35.5. The molecule has 2 saturated carbocycles. The Morgan fingerprint density at radius 3 is 2.73 bits per heavy atom. The lowest BCUT2D eigenvalue weighted by atomic mass is 9.84. The Bertz CT molecular complexity index is 239. The third-order valence-electron chi connectivity index (χ3n) is 4.30. The summed E-state index contributed by atoms with van der Waals surface area (Å²) >= 11 is 0. The molecule has 2 aliphatic carbocycles. The van der Waals surface area contributed by atoms with Crippen molar-refractivity contribution in [3.8, 4) is 0 Å². The molecular formula is C13H23NO. The van der Waals surface area contributed by atoms with Gasteiger partial charge in [0.1, 0.15) is 0 Å². The Balaban J connectivity index is 1.81. The van der Waals surface area contributed by atoms with E-state index < -0.39 is 0 Å². The summed E-state index contributed by atoms with van der Waals surface area (Å²) in [4.78, 5) is 11.5. The number of amides is 1. The first-order valence-corrected chi connectivity index (χ1v) is 6.50. The quantitative estimate of drug-likeness (QED) is 0.758. The molecule has 2 aliphatic rings. The molecule has 0 unspecified atom stereocenters. The molecule has 86 valence electrons. The zero-order valence-electron chi connectivity index (χ0n) is 9.96. The summed E-state index contributed by atoms with van der Waals surface area (Å²) in [7, 11) is 0. The summed E-state index contributed by atoms with van der Waals surface area (Å²) in [6.07, 6.45) is 7.28. The molecule has 0 aromatic heterocycles. The van der Waals surface area contributed by atoms with E-state index in [1.54, 1.807) is 0 Å². The van der Waals surface area contributed by atoms with E-state index in [-0.39, 0.29) is 5.91 Å². The molecule has 1 amide bonds. The van der Waals surface area contributed by atoms with Crippen molar-refractivity contribution in [2.75, 3.05) is 0 Å². The first kappa shape index (κ1) is 11.0. The highest BCUT2D eigenvalue weighted by Gasteiger charge is 2.41. The molecule has 1 N–H and O–H groups in total. The van der Waals surface area contributed by atoms with Gasteiger partial charge in [0.05, 0.1) is 0 Å². The van der Waals surface area contributed by atoms with Crippen molar-refractivity contribution in [3.63, 3.8) is 0 Å². The molecule has 0 heterocycles. The largest absolute Gasteiger partial charge is 0.353 e. The minimum absolute atomic E-state index is 0.243. The van der Waals surface area contributed by atoms with Crippen LogP contribution in [-0.4, -0.2) is 11.9 Å². The fourth-order valence-electron chi connectivity index (χ4n) is 3.57. The van der Waals surface area contributed by atoms with Crippen molar-refractivity contribution in [2.45, 2.75) is 58.4 Å². The zero-order chi connectivity index (χ0) is 10.8. The van der Waals surface area contributed by atoms with E-state index in [0.29, 0.717) is 12.5 Å². The van der Waals surface area contributed by atoms with Gasteiger partial charge in [-0.25, -0.2) is 0 Å². The van der Waals surface area contributed by atoms with Gasteiger partial charge in [-0.3, -0.25) is 4.79 Å². The van der Waals surface area contributed by atoms with Gasteiger partial charge in [-0.15, -0.1) is 0 Å². The summed E-state index contributed by atoms with van der Waals surface area (Å²) in [6, 6.07) is 0.402. The molecule has 0 aromatic carbocycles. The number of carbonyl (C=O) groups excluding carboxylic acids is 1. The summed E-state index contributed by atoms with van der Waals surface area (Å²) in [5.41, 5.74) is 0. The van der Waals surface area contributed by atoms with Crippen LogP contribution in [0, 0.1) is 17.8 Å². The highest BCUT2D eigenvalue weighted by atomic mass is 16.1. The van der Waals surface area contributed by atoms with Crippen LogP contribution in [0.2, 0.25) is 0 Å². The first-order chi connectivity index (χ1) is 7.20. The third-order valence-corrected chi connectivity index (χ3v) is 4.30. The maximum absolute atomic E-state index is 11.5. The van der Waals surface area contributed by atoms with Crippen molar-refractivity contribution in [1.82, 2.24) is 5.32 Å². The molecule has 0 spiro atoms. The standard InChI is InChI=1S/C13H23NO/c1-3-4-13(15)14-9(2)12-8-10-5-6-11(12)7-10/h9-12H,3-8H2,1-2H3,(H,14,15)/t9-,10+,11+,12+/m0/s1. The molecule has 2 fully saturated rings. The molecule has 0 aromatic rings. The lowest BCUT2D eigenvalue weighted by Gasteiger charge is -2.28. The maximum Gasteiger partial charge on any atom is 0.220 e. The molecule has 0 aliphatic heterocycles. The summed E-state index contributed by atoms with van der Waals surface area (Å²) < 4.78 is 0. The topological polar surface area (TPSA) is 29.1 Å². The number of fused-ring (bicyclic) bond motifs is 2. The van der Waals surface area contributed by atoms with Gasteiger partial charge in [0.15, 0.2) is 0 Å². The Hall–Kier alpha value is -0.530. The predicted molar refractivity (Wildman–Crippen MR) is 61.5 cm³/mol. The fraction of sp³-hybridized carbons (Fsp3) is 0.923. The van der Waals surface area contributed by atoms with Crippen molar-refractivity contribution < 1.29 is 4.79 Å². The maximum atomic E-state index is 11.5. The van der Waals surface area contributed by atoms with Gasteiger partial charge in [0.25, 0.3) is 0 Å². The number of rotatable bonds is 4. The highest BCUT2D eigenvalue weighted by molar-refractivity contribution is 5.76. The van der Waals surface area contributed by atoms with Crippen LogP contribution in [0.5, 0.6) is 0 Å². The molecule has 15 heavy (non-hydrogen) atoms. The van der Waals surface area contributed by atoms with Gasteiger partial charge < -0.3 is 5.32 Å². The lowest BCUT2D eigenvalue weighted by Crippen LogP contribution is -2.39. The van der Waals surface area contributed by atoms with Crippen LogP contribution in [0.4, 0.5) is 0 Å². The molecule has 4 atom stereocenters. The zero-order valence-corrected chi connectivity index (χ0v) is 9.96.